The molecule has 1 rings (SSSR count). The summed E-state index contributed by atoms with van der Waals surface area (Å²) in [7, 11) is 0. The number of benzene rings is 1. The first kappa shape index (κ1) is 13.2. The summed E-state index contributed by atoms with van der Waals surface area (Å²) in [5.41, 5.74) is 2.60. The second-order valence-corrected chi connectivity index (χ2v) is 4.25. The molecule has 4 heteroatoms. The van der Waals surface area contributed by atoms with Gasteiger partial charge in [0.2, 0.25) is 0 Å². The molecule has 0 aromatic heterocycles. The molecule has 0 heterocycles. The van der Waals surface area contributed by atoms with Crippen LogP contribution in [0.3, 0.4) is 0 Å². The molecule has 0 bridgehead atoms. The van der Waals surface area contributed by atoms with Crippen molar-refractivity contribution >= 4 is 11.9 Å². The molecule has 17 heavy (non-hydrogen) atoms. The average molecular weight is 235 g/mol. The zero-order chi connectivity index (χ0) is 12.8. The Bertz CT molecular complexity index is 387. The average Bonchev–Trinajstić information content (AvgIpc) is 2.35. The molecule has 4 nitrogen and oxygen atoms in total. The number of hydroxylamine groups is 1. The van der Waals surface area contributed by atoms with Crippen molar-refractivity contribution in [1.29, 1.82) is 0 Å². The number of carbonyl (C=O) groups excluding carboxylic acids is 2. The highest BCUT2D eigenvalue weighted by Crippen LogP contribution is 2.10. The largest absolute Gasteiger partial charge is 0.340 e. The van der Waals surface area contributed by atoms with Gasteiger partial charge in [0, 0.05) is 5.56 Å². The summed E-state index contributed by atoms with van der Waals surface area (Å²) in [6, 6.07) is 8.59. The Kier molecular flexibility index (Phi) is 4.69. The molecule has 0 aliphatic rings. The molecule has 1 unspecified atom stereocenters. The molecule has 0 fully saturated rings. The molecule has 0 spiro atoms. The van der Waals surface area contributed by atoms with Gasteiger partial charge >= 0.3 is 5.97 Å². The van der Waals surface area contributed by atoms with Crippen LogP contribution in [0.1, 0.15) is 31.1 Å². The van der Waals surface area contributed by atoms with Gasteiger partial charge in [-0.05, 0) is 18.1 Å². The first-order valence-electron chi connectivity index (χ1n) is 5.58. The number of carbonyl (C=O) groups is 2. The fraction of sp³-hybridized carbons (Fsp3) is 0.385. The Hall–Kier alpha value is -1.84. The number of amides is 1. The van der Waals surface area contributed by atoms with Crippen molar-refractivity contribution in [2.24, 2.45) is 11.8 Å². The van der Waals surface area contributed by atoms with Crippen LogP contribution < -0.4 is 5.48 Å². The van der Waals surface area contributed by atoms with Crippen molar-refractivity contribution in [3.8, 4) is 0 Å². The highest BCUT2D eigenvalue weighted by molar-refractivity contribution is 5.94. The number of rotatable bonds is 3. The van der Waals surface area contributed by atoms with Crippen molar-refractivity contribution in [3.05, 3.63) is 35.9 Å². The maximum Gasteiger partial charge on any atom is 0.335 e. The van der Waals surface area contributed by atoms with Crippen LogP contribution in [0.15, 0.2) is 30.3 Å². The van der Waals surface area contributed by atoms with Gasteiger partial charge in [-0.1, -0.05) is 39.0 Å². The predicted octanol–water partition coefficient (Wildman–Crippen LogP) is 2.17. The zero-order valence-corrected chi connectivity index (χ0v) is 10.3. The summed E-state index contributed by atoms with van der Waals surface area (Å²) in [6.45, 7) is 5.61. The minimum Gasteiger partial charge on any atom is -0.340 e. The van der Waals surface area contributed by atoms with Crippen LogP contribution in [-0.2, 0) is 9.63 Å². The van der Waals surface area contributed by atoms with Crippen molar-refractivity contribution in [2.75, 3.05) is 0 Å². The lowest BCUT2D eigenvalue weighted by Gasteiger charge is -2.13. The van der Waals surface area contributed by atoms with Crippen LogP contribution in [0.2, 0.25) is 0 Å². The van der Waals surface area contributed by atoms with Crippen LogP contribution in [0, 0.1) is 11.8 Å². The molecule has 92 valence electrons. The molecule has 0 radical (unpaired) electrons. The smallest absolute Gasteiger partial charge is 0.335 e. The van der Waals surface area contributed by atoms with E-state index in [1.165, 1.54) is 0 Å². The molecule has 0 saturated heterocycles. The Morgan fingerprint density at radius 2 is 1.71 bits per heavy atom. The molecule has 1 atom stereocenters. The highest BCUT2D eigenvalue weighted by atomic mass is 16.7. The SMILES string of the molecule is CC(C)C(C)C(=O)ONC(=O)c1ccccc1. The van der Waals surface area contributed by atoms with E-state index in [9.17, 15) is 9.59 Å². The van der Waals surface area contributed by atoms with E-state index in [4.69, 9.17) is 4.84 Å². The minimum absolute atomic E-state index is 0.177. The highest BCUT2D eigenvalue weighted by Gasteiger charge is 2.19. The molecular formula is C13H17NO3. The van der Waals surface area contributed by atoms with E-state index in [2.05, 4.69) is 5.48 Å². The van der Waals surface area contributed by atoms with E-state index < -0.39 is 11.9 Å². The van der Waals surface area contributed by atoms with Gasteiger partial charge in [0.1, 0.15) is 0 Å². The van der Waals surface area contributed by atoms with E-state index in [1.807, 2.05) is 19.9 Å². The van der Waals surface area contributed by atoms with Crippen molar-refractivity contribution in [3.63, 3.8) is 0 Å². The van der Waals surface area contributed by atoms with E-state index >= 15 is 0 Å². The third-order valence-corrected chi connectivity index (χ3v) is 2.65. The number of hydrogen-bond donors (Lipinski definition) is 1. The summed E-state index contributed by atoms with van der Waals surface area (Å²) >= 11 is 0. The maximum atomic E-state index is 11.6. The summed E-state index contributed by atoms with van der Waals surface area (Å²) in [6.07, 6.45) is 0. The minimum atomic E-state index is -0.427. The summed E-state index contributed by atoms with van der Waals surface area (Å²) < 4.78 is 0. The number of nitrogens with one attached hydrogen (secondary N) is 1. The fourth-order valence-electron chi connectivity index (χ4n) is 1.11. The molecule has 1 aromatic rings. The second-order valence-electron chi connectivity index (χ2n) is 4.25. The van der Waals surface area contributed by atoms with Crippen LogP contribution in [-0.4, -0.2) is 11.9 Å². The van der Waals surface area contributed by atoms with Crippen molar-refractivity contribution in [1.82, 2.24) is 5.48 Å². The lowest BCUT2D eigenvalue weighted by Crippen LogP contribution is -2.31. The van der Waals surface area contributed by atoms with E-state index in [-0.39, 0.29) is 11.8 Å². The Balaban J connectivity index is 2.47. The third kappa shape index (κ3) is 3.90. The monoisotopic (exact) mass is 235 g/mol. The topological polar surface area (TPSA) is 55.4 Å². The van der Waals surface area contributed by atoms with Gasteiger partial charge in [-0.3, -0.25) is 4.79 Å². The van der Waals surface area contributed by atoms with Gasteiger partial charge < -0.3 is 4.84 Å². The van der Waals surface area contributed by atoms with Crippen LogP contribution in [0.25, 0.3) is 0 Å². The van der Waals surface area contributed by atoms with Gasteiger partial charge in [-0.15, -0.1) is 0 Å². The summed E-state index contributed by atoms with van der Waals surface area (Å²) in [5.74, 6) is -0.915. The summed E-state index contributed by atoms with van der Waals surface area (Å²) in [4.78, 5) is 27.8. The Morgan fingerprint density at radius 3 is 2.24 bits per heavy atom. The van der Waals surface area contributed by atoms with Gasteiger partial charge in [0.25, 0.3) is 5.91 Å². The normalized spacial score (nSPS) is 12.0. The first-order valence-corrected chi connectivity index (χ1v) is 5.58. The van der Waals surface area contributed by atoms with Crippen LogP contribution >= 0.6 is 0 Å². The van der Waals surface area contributed by atoms with Gasteiger partial charge in [-0.2, -0.15) is 5.48 Å². The van der Waals surface area contributed by atoms with Crippen molar-refractivity contribution in [2.45, 2.75) is 20.8 Å². The fourth-order valence-corrected chi connectivity index (χ4v) is 1.11. The van der Waals surface area contributed by atoms with Gasteiger partial charge in [0.15, 0.2) is 0 Å². The molecule has 0 aliphatic carbocycles. The lowest BCUT2D eigenvalue weighted by atomic mass is 9.99. The van der Waals surface area contributed by atoms with Crippen LogP contribution in [0.5, 0.6) is 0 Å². The van der Waals surface area contributed by atoms with E-state index in [0.717, 1.165) is 0 Å². The molecule has 1 amide bonds. The summed E-state index contributed by atoms with van der Waals surface area (Å²) in [5, 5.41) is 0. The Morgan fingerprint density at radius 1 is 1.12 bits per heavy atom. The Labute approximate surface area is 101 Å². The third-order valence-electron chi connectivity index (χ3n) is 2.65. The van der Waals surface area contributed by atoms with Crippen LogP contribution in [0.4, 0.5) is 0 Å². The number of hydrogen-bond acceptors (Lipinski definition) is 3. The second kappa shape index (κ2) is 6.03. The predicted molar refractivity (Wildman–Crippen MR) is 64.0 cm³/mol. The van der Waals surface area contributed by atoms with Gasteiger partial charge in [-0.25, -0.2) is 4.79 Å². The first-order chi connectivity index (χ1) is 8.02. The zero-order valence-electron chi connectivity index (χ0n) is 10.3. The maximum absolute atomic E-state index is 11.6. The van der Waals surface area contributed by atoms with Gasteiger partial charge in [0.05, 0.1) is 5.92 Å². The standard InChI is InChI=1S/C13H17NO3/c1-9(2)10(3)13(16)17-14-12(15)11-7-5-4-6-8-11/h4-10H,1-3H3,(H,14,15). The molecule has 0 saturated carbocycles. The van der Waals surface area contributed by atoms with E-state index in [1.54, 1.807) is 31.2 Å². The molecule has 1 aromatic carbocycles. The molecule has 0 aliphatic heterocycles. The quantitative estimate of drug-likeness (QED) is 0.817. The van der Waals surface area contributed by atoms with Crippen molar-refractivity contribution < 1.29 is 14.4 Å². The lowest BCUT2D eigenvalue weighted by molar-refractivity contribution is -0.154. The molecule has 1 N–H and O–H groups in total. The molecular weight excluding hydrogens is 218 g/mol. The van der Waals surface area contributed by atoms with E-state index in [0.29, 0.717) is 5.56 Å².